The van der Waals surface area contributed by atoms with Crippen molar-refractivity contribution >= 4 is 23.3 Å². The van der Waals surface area contributed by atoms with Crippen LogP contribution in [0.4, 0.5) is 0 Å². The van der Waals surface area contributed by atoms with Gasteiger partial charge in [-0.2, -0.15) is 0 Å². The van der Waals surface area contributed by atoms with Crippen LogP contribution in [0.25, 0.3) is 6.08 Å². The minimum absolute atomic E-state index is 0.563. The smallest absolute Gasteiger partial charge is 0.127 e. The van der Waals surface area contributed by atoms with Crippen LogP contribution in [0.5, 0.6) is 5.75 Å². The zero-order valence-electron chi connectivity index (χ0n) is 12.3. The zero-order chi connectivity index (χ0) is 14.9. The molecule has 0 unspecified atom stereocenters. The molecule has 2 heterocycles. The van der Waals surface area contributed by atoms with Crippen LogP contribution in [-0.4, -0.2) is 23.0 Å². The van der Waals surface area contributed by atoms with E-state index in [1.165, 1.54) is 11.1 Å². The van der Waals surface area contributed by atoms with Crippen LogP contribution in [0.15, 0.2) is 54.1 Å². The van der Waals surface area contributed by atoms with Gasteiger partial charge in [-0.25, -0.2) is 0 Å². The molecule has 0 atom stereocenters. The van der Waals surface area contributed by atoms with Crippen LogP contribution >= 0.6 is 12.2 Å². The lowest BCUT2D eigenvalue weighted by atomic mass is 9.99. The Bertz CT molecular complexity index is 766. The molecule has 0 N–H and O–H groups in total. The highest BCUT2D eigenvalue weighted by atomic mass is 32.1. The number of rotatable bonds is 1. The number of hydrogen-bond donors (Lipinski definition) is 0. The van der Waals surface area contributed by atoms with Crippen LogP contribution < -0.4 is 4.74 Å². The molecule has 22 heavy (non-hydrogen) atoms. The van der Waals surface area contributed by atoms with Gasteiger partial charge in [0, 0.05) is 24.2 Å². The van der Waals surface area contributed by atoms with Crippen molar-refractivity contribution in [3.63, 3.8) is 0 Å². The summed E-state index contributed by atoms with van der Waals surface area (Å²) < 4.78 is 5.84. The average Bonchev–Trinajstić information content (AvgIpc) is 2.60. The van der Waals surface area contributed by atoms with E-state index in [-0.39, 0.29) is 0 Å². The second kappa shape index (κ2) is 5.58. The van der Waals surface area contributed by atoms with Gasteiger partial charge in [-0.05, 0) is 29.7 Å². The lowest BCUT2D eigenvalue weighted by Crippen LogP contribution is -2.37. The maximum atomic E-state index is 5.84. The summed E-state index contributed by atoms with van der Waals surface area (Å²) in [6.07, 6.45) is 3.22. The summed E-state index contributed by atoms with van der Waals surface area (Å²) in [5, 5.41) is 0. The molecule has 0 bridgehead atoms. The largest absolute Gasteiger partial charge is 0.488 e. The highest BCUT2D eigenvalue weighted by Crippen LogP contribution is 2.28. The van der Waals surface area contributed by atoms with Crippen LogP contribution in [-0.2, 0) is 13.0 Å². The Morgan fingerprint density at radius 2 is 1.77 bits per heavy atom. The van der Waals surface area contributed by atoms with Gasteiger partial charge in [-0.15, -0.1) is 0 Å². The van der Waals surface area contributed by atoms with Gasteiger partial charge in [-0.3, -0.25) is 0 Å². The summed E-state index contributed by atoms with van der Waals surface area (Å²) in [4.78, 5) is 3.21. The first-order valence-corrected chi connectivity index (χ1v) is 8.00. The quantitative estimate of drug-likeness (QED) is 0.743. The van der Waals surface area contributed by atoms with Crippen molar-refractivity contribution in [3.8, 4) is 5.75 Å². The highest BCUT2D eigenvalue weighted by Gasteiger charge is 2.22. The van der Waals surface area contributed by atoms with E-state index in [2.05, 4.69) is 41.3 Å². The maximum absolute atomic E-state index is 5.84. The van der Waals surface area contributed by atoms with Crippen molar-refractivity contribution in [1.82, 2.24) is 4.90 Å². The molecular formula is C19H17NOS. The summed E-state index contributed by atoms with van der Waals surface area (Å²) in [5.41, 5.74) is 5.05. The van der Waals surface area contributed by atoms with Gasteiger partial charge >= 0.3 is 0 Å². The van der Waals surface area contributed by atoms with Crippen molar-refractivity contribution in [2.24, 2.45) is 0 Å². The molecular weight excluding hydrogens is 290 g/mol. The summed E-state index contributed by atoms with van der Waals surface area (Å²) in [6, 6.07) is 16.7. The van der Waals surface area contributed by atoms with Gasteiger partial charge in [0.05, 0.1) is 0 Å². The van der Waals surface area contributed by atoms with E-state index in [1.54, 1.807) is 0 Å². The van der Waals surface area contributed by atoms with Gasteiger partial charge in [0.2, 0.25) is 0 Å². The fourth-order valence-corrected chi connectivity index (χ4v) is 3.39. The van der Waals surface area contributed by atoms with Gasteiger partial charge in [0.25, 0.3) is 0 Å². The lowest BCUT2D eigenvalue weighted by molar-refractivity contribution is 0.344. The Morgan fingerprint density at radius 1 is 1.00 bits per heavy atom. The van der Waals surface area contributed by atoms with Gasteiger partial charge in [0.15, 0.2) is 0 Å². The highest BCUT2D eigenvalue weighted by molar-refractivity contribution is 7.80. The minimum Gasteiger partial charge on any atom is -0.488 e. The molecule has 3 heteroatoms. The first-order chi connectivity index (χ1) is 10.8. The molecule has 2 aliphatic rings. The number of benzene rings is 2. The van der Waals surface area contributed by atoms with E-state index in [0.717, 1.165) is 41.4 Å². The SMILES string of the molecule is S=C(C1=Cc2ccccc2OC1)N1CCc2ccccc2C1. The third-order valence-corrected chi connectivity index (χ3v) is 4.84. The topological polar surface area (TPSA) is 12.5 Å². The van der Waals surface area contributed by atoms with Gasteiger partial charge in [0.1, 0.15) is 17.3 Å². The Labute approximate surface area is 136 Å². The number of hydrogen-bond acceptors (Lipinski definition) is 2. The molecule has 110 valence electrons. The van der Waals surface area contributed by atoms with E-state index < -0.39 is 0 Å². The number of ether oxygens (including phenoxy) is 1. The first kappa shape index (κ1) is 13.5. The van der Waals surface area contributed by atoms with E-state index >= 15 is 0 Å². The number of thiocarbonyl (C=S) groups is 1. The second-order valence-electron chi connectivity index (χ2n) is 5.74. The molecule has 0 saturated carbocycles. The predicted octanol–water partition coefficient (Wildman–Crippen LogP) is 3.85. The summed E-state index contributed by atoms with van der Waals surface area (Å²) in [5.74, 6) is 0.943. The lowest BCUT2D eigenvalue weighted by Gasteiger charge is -2.32. The normalized spacial score (nSPS) is 16.2. The number of fused-ring (bicyclic) bond motifs is 2. The molecule has 0 radical (unpaired) electrons. The van der Waals surface area contributed by atoms with Crippen molar-refractivity contribution in [3.05, 3.63) is 70.8 Å². The Balaban J connectivity index is 1.58. The Kier molecular flexibility index (Phi) is 3.43. The maximum Gasteiger partial charge on any atom is 0.127 e. The average molecular weight is 307 g/mol. The van der Waals surface area contributed by atoms with Gasteiger partial charge in [-0.1, -0.05) is 54.7 Å². The summed E-state index contributed by atoms with van der Waals surface area (Å²) >= 11 is 5.73. The molecule has 0 aromatic heterocycles. The molecule has 2 aliphatic heterocycles. The Hall–Kier alpha value is -2.13. The molecule has 2 aromatic rings. The molecule has 0 fully saturated rings. The van der Waals surface area contributed by atoms with Gasteiger partial charge < -0.3 is 9.64 Å². The predicted molar refractivity (Wildman–Crippen MR) is 93.1 cm³/mol. The summed E-state index contributed by atoms with van der Waals surface area (Å²) in [7, 11) is 0. The van der Waals surface area contributed by atoms with Crippen LogP contribution in [0.2, 0.25) is 0 Å². The molecule has 0 saturated heterocycles. The van der Waals surface area contributed by atoms with E-state index in [1.807, 2.05) is 18.2 Å². The third-order valence-electron chi connectivity index (χ3n) is 4.32. The molecule has 4 rings (SSSR count). The van der Waals surface area contributed by atoms with Crippen LogP contribution in [0, 0.1) is 0 Å². The molecule has 2 aromatic carbocycles. The molecule has 0 aliphatic carbocycles. The van der Waals surface area contributed by atoms with Crippen LogP contribution in [0.3, 0.4) is 0 Å². The van der Waals surface area contributed by atoms with Crippen LogP contribution in [0.1, 0.15) is 16.7 Å². The van der Waals surface area contributed by atoms with Crippen molar-refractivity contribution in [2.45, 2.75) is 13.0 Å². The molecule has 0 amide bonds. The van der Waals surface area contributed by atoms with Crippen molar-refractivity contribution < 1.29 is 4.74 Å². The second-order valence-corrected chi connectivity index (χ2v) is 6.13. The number of para-hydroxylation sites is 1. The van der Waals surface area contributed by atoms with Crippen molar-refractivity contribution in [2.75, 3.05) is 13.2 Å². The summed E-state index contributed by atoms with van der Waals surface area (Å²) in [6.45, 7) is 2.44. The van der Waals surface area contributed by atoms with E-state index in [9.17, 15) is 0 Å². The van der Waals surface area contributed by atoms with E-state index in [4.69, 9.17) is 17.0 Å². The minimum atomic E-state index is 0.563. The van der Waals surface area contributed by atoms with Crippen molar-refractivity contribution in [1.29, 1.82) is 0 Å². The Morgan fingerprint density at radius 3 is 2.68 bits per heavy atom. The fraction of sp³-hybridized carbons (Fsp3) is 0.211. The number of nitrogens with zero attached hydrogens (tertiary/aromatic N) is 1. The first-order valence-electron chi connectivity index (χ1n) is 7.60. The fourth-order valence-electron chi connectivity index (χ4n) is 3.11. The monoisotopic (exact) mass is 307 g/mol. The molecule has 2 nitrogen and oxygen atoms in total. The third kappa shape index (κ3) is 2.42. The zero-order valence-corrected chi connectivity index (χ0v) is 13.1. The molecule has 0 spiro atoms. The standard InChI is InChI=1S/C19H17NOS/c22-19(17-11-15-6-3-4-8-18(15)21-13-17)20-10-9-14-5-1-2-7-16(14)12-20/h1-8,11H,9-10,12-13H2. The van der Waals surface area contributed by atoms with E-state index in [0.29, 0.717) is 6.61 Å².